The molecule has 0 spiro atoms. The highest BCUT2D eigenvalue weighted by molar-refractivity contribution is 5.74. The largest absolute Gasteiger partial charge is 0.479 e. The molecule has 3 nitrogen and oxygen atoms in total. The Kier molecular flexibility index (Phi) is 6.57. The van der Waals surface area contributed by atoms with Crippen LogP contribution in [-0.2, 0) is 17.6 Å². The summed E-state index contributed by atoms with van der Waals surface area (Å²) >= 11 is 0. The van der Waals surface area contributed by atoms with Gasteiger partial charge in [0.2, 0.25) is 0 Å². The second-order valence-corrected chi connectivity index (χ2v) is 4.98. The molecule has 1 aromatic rings. The molecule has 0 aliphatic carbocycles. The number of hydrogen-bond acceptors (Lipinski definition) is 2. The van der Waals surface area contributed by atoms with Gasteiger partial charge in [0, 0.05) is 0 Å². The van der Waals surface area contributed by atoms with Crippen LogP contribution in [-0.4, -0.2) is 16.2 Å². The van der Waals surface area contributed by atoms with E-state index >= 15 is 0 Å². The Hall–Kier alpha value is -1.35. The Labute approximate surface area is 115 Å². The summed E-state index contributed by atoms with van der Waals surface area (Å²) < 4.78 is 0. The highest BCUT2D eigenvalue weighted by Crippen LogP contribution is 2.21. The van der Waals surface area contributed by atoms with Crippen LogP contribution in [0.4, 0.5) is 0 Å². The molecule has 0 aromatic heterocycles. The molecule has 0 radical (unpaired) electrons. The van der Waals surface area contributed by atoms with Crippen molar-refractivity contribution in [3.63, 3.8) is 0 Å². The Morgan fingerprint density at radius 3 is 2.21 bits per heavy atom. The van der Waals surface area contributed by atoms with Gasteiger partial charge in [0.25, 0.3) is 0 Å². The zero-order chi connectivity index (χ0) is 14.3. The van der Waals surface area contributed by atoms with Crippen molar-refractivity contribution in [1.29, 1.82) is 0 Å². The molecule has 0 saturated heterocycles. The predicted octanol–water partition coefficient (Wildman–Crippen LogP) is 3.49. The van der Waals surface area contributed by atoms with Gasteiger partial charge in [0.1, 0.15) is 0 Å². The van der Waals surface area contributed by atoms with E-state index in [1.807, 2.05) is 12.1 Å². The molecule has 0 aliphatic rings. The van der Waals surface area contributed by atoms with Crippen molar-refractivity contribution in [2.24, 2.45) is 0 Å². The van der Waals surface area contributed by atoms with Crippen molar-refractivity contribution in [2.75, 3.05) is 0 Å². The van der Waals surface area contributed by atoms with E-state index in [-0.39, 0.29) is 0 Å². The van der Waals surface area contributed by atoms with Gasteiger partial charge < -0.3 is 10.2 Å². The van der Waals surface area contributed by atoms with Crippen LogP contribution in [0.5, 0.6) is 0 Å². The number of rotatable bonds is 8. The van der Waals surface area contributed by atoms with E-state index < -0.39 is 12.1 Å². The Balaban J connectivity index is 2.96. The number of aliphatic carboxylic acids is 1. The fraction of sp³-hybridized carbons (Fsp3) is 0.562. The summed E-state index contributed by atoms with van der Waals surface area (Å²) in [5.41, 5.74) is 2.96. The van der Waals surface area contributed by atoms with Crippen molar-refractivity contribution >= 4 is 5.97 Å². The summed E-state index contributed by atoms with van der Waals surface area (Å²) in [6.45, 7) is 4.30. The van der Waals surface area contributed by atoms with E-state index in [1.165, 1.54) is 11.1 Å². The highest BCUT2D eigenvalue weighted by Gasteiger charge is 2.17. The zero-order valence-corrected chi connectivity index (χ0v) is 11.9. The van der Waals surface area contributed by atoms with Crippen molar-refractivity contribution in [3.8, 4) is 0 Å². The fourth-order valence-electron chi connectivity index (χ4n) is 2.17. The number of carboxylic acids is 1. The van der Waals surface area contributed by atoms with Gasteiger partial charge in [0.05, 0.1) is 0 Å². The number of aryl methyl sites for hydroxylation is 2. The number of aliphatic hydroxyl groups excluding tert-OH is 1. The van der Waals surface area contributed by atoms with E-state index in [2.05, 4.69) is 13.8 Å². The number of hydrogen-bond donors (Lipinski definition) is 2. The molecule has 0 heterocycles. The number of unbranched alkanes of at least 4 members (excludes halogenated alkanes) is 2. The van der Waals surface area contributed by atoms with Crippen LogP contribution in [0.3, 0.4) is 0 Å². The van der Waals surface area contributed by atoms with Crippen molar-refractivity contribution in [1.82, 2.24) is 0 Å². The SMILES string of the molecule is CCCCc1ccc([C@@H](O)C(=O)O)cc1CCCC. The molecular weight excluding hydrogens is 240 g/mol. The van der Waals surface area contributed by atoms with Crippen LogP contribution in [0.1, 0.15) is 62.3 Å². The molecule has 106 valence electrons. The standard InChI is InChI=1S/C16H24O3/c1-3-5-7-12-9-10-14(15(17)16(18)19)11-13(12)8-6-4-2/h9-11,15,17H,3-8H2,1-2H3,(H,18,19)/t15-/m1/s1. The fourth-order valence-corrected chi connectivity index (χ4v) is 2.17. The third-order valence-electron chi connectivity index (χ3n) is 3.38. The lowest BCUT2D eigenvalue weighted by Crippen LogP contribution is -2.11. The molecule has 0 amide bonds. The third-order valence-corrected chi connectivity index (χ3v) is 3.38. The van der Waals surface area contributed by atoms with E-state index in [9.17, 15) is 9.90 Å². The Bertz CT molecular complexity index is 412. The van der Waals surface area contributed by atoms with Gasteiger partial charge in [-0.05, 0) is 42.4 Å². The lowest BCUT2D eigenvalue weighted by Gasteiger charge is -2.13. The summed E-state index contributed by atoms with van der Waals surface area (Å²) in [5.74, 6) is -1.19. The smallest absolute Gasteiger partial charge is 0.337 e. The van der Waals surface area contributed by atoms with Crippen LogP contribution in [0.15, 0.2) is 18.2 Å². The molecule has 19 heavy (non-hydrogen) atoms. The van der Waals surface area contributed by atoms with Gasteiger partial charge in [-0.25, -0.2) is 4.79 Å². The van der Waals surface area contributed by atoms with Crippen LogP contribution < -0.4 is 0 Å². The number of aliphatic hydroxyl groups is 1. The maximum absolute atomic E-state index is 10.8. The topological polar surface area (TPSA) is 57.5 Å². The molecule has 2 N–H and O–H groups in total. The minimum atomic E-state index is -1.42. The van der Waals surface area contributed by atoms with Gasteiger partial charge in [-0.2, -0.15) is 0 Å². The second kappa shape index (κ2) is 7.95. The second-order valence-electron chi connectivity index (χ2n) is 4.98. The van der Waals surface area contributed by atoms with Crippen LogP contribution in [0, 0.1) is 0 Å². The summed E-state index contributed by atoms with van der Waals surface area (Å²) in [6.07, 6.45) is 5.05. The molecule has 0 fully saturated rings. The number of benzene rings is 1. The first kappa shape index (κ1) is 15.7. The van der Waals surface area contributed by atoms with E-state index in [0.29, 0.717) is 5.56 Å². The first-order valence-electron chi connectivity index (χ1n) is 7.12. The van der Waals surface area contributed by atoms with Crippen molar-refractivity contribution in [3.05, 3.63) is 34.9 Å². The molecule has 0 aliphatic heterocycles. The Morgan fingerprint density at radius 1 is 1.11 bits per heavy atom. The summed E-state index contributed by atoms with van der Waals surface area (Å²) in [6, 6.07) is 5.57. The third kappa shape index (κ3) is 4.67. The van der Waals surface area contributed by atoms with Crippen LogP contribution in [0.25, 0.3) is 0 Å². The van der Waals surface area contributed by atoms with Crippen LogP contribution >= 0.6 is 0 Å². The van der Waals surface area contributed by atoms with E-state index in [0.717, 1.165) is 38.5 Å². The minimum absolute atomic E-state index is 0.485. The monoisotopic (exact) mass is 264 g/mol. The molecule has 1 rings (SSSR count). The van der Waals surface area contributed by atoms with Gasteiger partial charge in [-0.3, -0.25) is 0 Å². The average Bonchev–Trinajstić information content (AvgIpc) is 2.42. The summed E-state index contributed by atoms with van der Waals surface area (Å²) in [4.78, 5) is 10.8. The molecular formula is C16H24O3. The number of carbonyl (C=O) groups is 1. The van der Waals surface area contributed by atoms with Gasteiger partial charge in [0.15, 0.2) is 6.10 Å². The summed E-state index contributed by atoms with van der Waals surface area (Å²) in [7, 11) is 0. The van der Waals surface area contributed by atoms with Crippen molar-refractivity contribution in [2.45, 2.75) is 58.5 Å². The number of carboxylic acid groups (broad SMARTS) is 1. The van der Waals surface area contributed by atoms with Crippen molar-refractivity contribution < 1.29 is 15.0 Å². The first-order valence-corrected chi connectivity index (χ1v) is 7.12. The molecule has 1 aromatic carbocycles. The highest BCUT2D eigenvalue weighted by atomic mass is 16.4. The van der Waals surface area contributed by atoms with E-state index in [4.69, 9.17) is 5.11 Å². The lowest BCUT2D eigenvalue weighted by atomic mass is 9.94. The zero-order valence-electron chi connectivity index (χ0n) is 11.9. The quantitative estimate of drug-likeness (QED) is 0.755. The average molecular weight is 264 g/mol. The normalized spacial score (nSPS) is 12.4. The van der Waals surface area contributed by atoms with Gasteiger partial charge >= 0.3 is 5.97 Å². The Morgan fingerprint density at radius 2 is 1.68 bits per heavy atom. The maximum Gasteiger partial charge on any atom is 0.337 e. The molecule has 3 heteroatoms. The van der Waals surface area contributed by atoms with Crippen LogP contribution in [0.2, 0.25) is 0 Å². The minimum Gasteiger partial charge on any atom is -0.479 e. The summed E-state index contributed by atoms with van der Waals surface area (Å²) in [5, 5.41) is 18.5. The molecule has 0 bridgehead atoms. The lowest BCUT2D eigenvalue weighted by molar-refractivity contribution is -0.146. The van der Waals surface area contributed by atoms with E-state index in [1.54, 1.807) is 6.07 Å². The molecule has 0 unspecified atom stereocenters. The van der Waals surface area contributed by atoms with Gasteiger partial charge in [-0.15, -0.1) is 0 Å². The predicted molar refractivity (Wildman–Crippen MR) is 76.3 cm³/mol. The molecule has 0 saturated carbocycles. The van der Waals surface area contributed by atoms with Gasteiger partial charge in [-0.1, -0.05) is 44.9 Å². The molecule has 1 atom stereocenters. The maximum atomic E-state index is 10.8. The first-order chi connectivity index (χ1) is 9.10.